The van der Waals surface area contributed by atoms with E-state index in [1.54, 1.807) is 0 Å². The molecule has 3 aliphatic rings. The van der Waals surface area contributed by atoms with E-state index in [-0.39, 0.29) is 0 Å². The zero-order chi connectivity index (χ0) is 28.6. The van der Waals surface area contributed by atoms with Crippen molar-refractivity contribution in [2.75, 3.05) is 0 Å². The standard InChI is InChI=1S/C39H24N4O/c1-2-9-25(10-3-1)26-16-18-27(19-17-26)30-22-24-41-39-36-32(43(30)41)13-8-14-33(36)44-34-21-20-29-28-11-4-5-12-31(28)42(38(29)37(34)39)35-15-6-7-23-40(35)39/h1-24H/q+2. The lowest BCUT2D eigenvalue weighted by Crippen LogP contribution is -2.76. The molecular formula is C39H24N4O+2. The van der Waals surface area contributed by atoms with E-state index in [9.17, 15) is 0 Å². The van der Waals surface area contributed by atoms with E-state index in [1.807, 2.05) is 0 Å². The Balaban J connectivity index is 1.26. The third-order valence-corrected chi connectivity index (χ3v) is 9.80. The lowest BCUT2D eigenvalue weighted by atomic mass is 9.84. The van der Waals surface area contributed by atoms with Gasteiger partial charge >= 0.3 is 5.66 Å². The molecule has 3 aliphatic heterocycles. The van der Waals surface area contributed by atoms with Crippen LogP contribution in [0.1, 0.15) is 11.1 Å². The van der Waals surface area contributed by atoms with Crippen LogP contribution < -0.4 is 14.0 Å². The van der Waals surface area contributed by atoms with Crippen molar-refractivity contribution in [3.63, 3.8) is 0 Å². The Hall–Kier alpha value is -5.94. The fraction of sp³-hybridized carbons (Fsp3) is 0.0256. The average Bonchev–Trinajstić information content (AvgIpc) is 3.76. The largest absolute Gasteiger partial charge is 0.456 e. The van der Waals surface area contributed by atoms with Crippen LogP contribution in [0.25, 0.3) is 55.7 Å². The number of hydrogen-bond donors (Lipinski definition) is 0. The van der Waals surface area contributed by atoms with Crippen molar-refractivity contribution in [1.82, 2.24) is 9.25 Å². The van der Waals surface area contributed by atoms with Crippen molar-refractivity contribution in [2.45, 2.75) is 5.66 Å². The molecule has 0 fully saturated rings. The molecule has 3 aromatic heterocycles. The van der Waals surface area contributed by atoms with Gasteiger partial charge in [0.25, 0.3) is 5.82 Å². The molecular weight excluding hydrogens is 540 g/mol. The molecule has 5 heteroatoms. The SMILES string of the molecule is c1ccc(-c2ccc(-c3cc[n+]4n3-c3cccc5c3C43c4c(ccc6c7ccccc7n(c46)-c4cccc[n+]43)O5)cc2)cc1. The van der Waals surface area contributed by atoms with E-state index in [2.05, 4.69) is 164 Å². The van der Waals surface area contributed by atoms with Gasteiger partial charge in [0, 0.05) is 28.5 Å². The number of pyridine rings is 1. The van der Waals surface area contributed by atoms with Gasteiger partial charge in [0.15, 0.2) is 11.1 Å². The van der Waals surface area contributed by atoms with Crippen molar-refractivity contribution in [3.8, 4) is 45.4 Å². The Morgan fingerprint density at radius 1 is 0.545 bits per heavy atom. The minimum absolute atomic E-state index is 0.664. The first-order valence-electron chi connectivity index (χ1n) is 15.0. The van der Waals surface area contributed by atoms with Gasteiger partial charge in [-0.2, -0.15) is 9.13 Å². The predicted molar refractivity (Wildman–Crippen MR) is 169 cm³/mol. The highest BCUT2D eigenvalue weighted by Crippen LogP contribution is 2.55. The van der Waals surface area contributed by atoms with Crippen LogP contribution in [0.4, 0.5) is 0 Å². The zero-order valence-corrected chi connectivity index (χ0v) is 23.6. The first-order chi connectivity index (χ1) is 21.8. The Morgan fingerprint density at radius 2 is 1.32 bits per heavy atom. The first kappa shape index (κ1) is 22.6. The molecule has 0 amide bonds. The minimum Gasteiger partial charge on any atom is -0.456 e. The molecule has 1 atom stereocenters. The van der Waals surface area contributed by atoms with E-state index in [0.717, 1.165) is 34.3 Å². The molecule has 0 bridgehead atoms. The van der Waals surface area contributed by atoms with Gasteiger partial charge in [-0.25, -0.2) is 0 Å². The van der Waals surface area contributed by atoms with Crippen LogP contribution in [0.3, 0.4) is 0 Å². The second-order valence-corrected chi connectivity index (χ2v) is 11.8. The van der Waals surface area contributed by atoms with E-state index >= 15 is 0 Å². The van der Waals surface area contributed by atoms with Crippen LogP contribution in [0.15, 0.2) is 146 Å². The monoisotopic (exact) mass is 564 g/mol. The number of ether oxygens (including phenoxy) is 1. The molecule has 5 nitrogen and oxygen atoms in total. The van der Waals surface area contributed by atoms with E-state index in [0.29, 0.717) is 0 Å². The molecule has 8 aromatic rings. The Bertz CT molecular complexity index is 2520. The smallest absolute Gasteiger partial charge is 0.397 e. The van der Waals surface area contributed by atoms with Crippen molar-refractivity contribution < 1.29 is 14.0 Å². The van der Waals surface area contributed by atoms with Crippen LogP contribution in [-0.2, 0) is 5.66 Å². The van der Waals surface area contributed by atoms with Crippen LogP contribution in [0.2, 0.25) is 0 Å². The van der Waals surface area contributed by atoms with Crippen LogP contribution >= 0.6 is 0 Å². The molecule has 1 unspecified atom stereocenters. The molecule has 44 heavy (non-hydrogen) atoms. The van der Waals surface area contributed by atoms with Crippen molar-refractivity contribution in [1.29, 1.82) is 0 Å². The van der Waals surface area contributed by atoms with Gasteiger partial charge in [-0.1, -0.05) is 83.5 Å². The number of hydrogen-bond acceptors (Lipinski definition) is 1. The molecule has 0 saturated heterocycles. The summed E-state index contributed by atoms with van der Waals surface area (Å²) in [6.45, 7) is 0. The van der Waals surface area contributed by atoms with Crippen LogP contribution in [0, 0.1) is 0 Å². The van der Waals surface area contributed by atoms with E-state index in [4.69, 9.17) is 4.74 Å². The van der Waals surface area contributed by atoms with Crippen molar-refractivity contribution in [3.05, 3.63) is 157 Å². The van der Waals surface area contributed by atoms with Gasteiger partial charge < -0.3 is 4.74 Å². The molecule has 6 heterocycles. The fourth-order valence-electron chi connectivity index (χ4n) is 8.12. The van der Waals surface area contributed by atoms with E-state index in [1.165, 1.54) is 44.1 Å². The van der Waals surface area contributed by atoms with Gasteiger partial charge in [-0.15, -0.1) is 4.68 Å². The molecule has 0 radical (unpaired) electrons. The van der Waals surface area contributed by atoms with Crippen LogP contribution in [-0.4, -0.2) is 9.25 Å². The fourth-order valence-corrected chi connectivity index (χ4v) is 8.12. The molecule has 204 valence electrons. The highest BCUT2D eigenvalue weighted by Gasteiger charge is 2.68. The maximum atomic E-state index is 6.80. The van der Waals surface area contributed by atoms with Gasteiger partial charge in [-0.05, 0) is 53.6 Å². The van der Waals surface area contributed by atoms with Crippen molar-refractivity contribution >= 4 is 21.8 Å². The van der Waals surface area contributed by atoms with Gasteiger partial charge in [-0.3, -0.25) is 0 Å². The number of rotatable bonds is 2. The molecule has 0 saturated carbocycles. The topological polar surface area (TPSA) is 26.8 Å². The Labute approximate surface area is 252 Å². The molecule has 1 spiro atoms. The summed E-state index contributed by atoms with van der Waals surface area (Å²) in [6.07, 6.45) is 4.48. The van der Waals surface area contributed by atoms with Crippen molar-refractivity contribution in [2.24, 2.45) is 0 Å². The summed E-state index contributed by atoms with van der Waals surface area (Å²) >= 11 is 0. The van der Waals surface area contributed by atoms with Gasteiger partial charge in [0.05, 0.1) is 6.20 Å². The molecule has 0 aliphatic carbocycles. The quantitative estimate of drug-likeness (QED) is 0.200. The van der Waals surface area contributed by atoms with Crippen LogP contribution in [0.5, 0.6) is 11.5 Å². The first-order valence-corrected chi connectivity index (χ1v) is 15.0. The third kappa shape index (κ3) is 2.47. The highest BCUT2D eigenvalue weighted by molar-refractivity contribution is 6.11. The summed E-state index contributed by atoms with van der Waals surface area (Å²) in [7, 11) is 0. The average molecular weight is 565 g/mol. The molecule has 0 N–H and O–H groups in total. The number of benzene rings is 5. The highest BCUT2D eigenvalue weighted by atomic mass is 16.5. The molecule has 11 rings (SSSR count). The maximum absolute atomic E-state index is 6.80. The summed E-state index contributed by atoms with van der Waals surface area (Å²) in [5.41, 5.74) is 9.93. The normalized spacial score (nSPS) is 16.5. The number of fused-ring (bicyclic) bond motifs is 7. The van der Waals surface area contributed by atoms with Gasteiger partial charge in [0.1, 0.15) is 34.0 Å². The third-order valence-electron chi connectivity index (χ3n) is 9.80. The summed E-state index contributed by atoms with van der Waals surface area (Å²) in [5.74, 6) is 2.91. The number of aromatic nitrogens is 4. The zero-order valence-electron chi connectivity index (χ0n) is 23.6. The second-order valence-electron chi connectivity index (χ2n) is 11.8. The number of para-hydroxylation sites is 1. The summed E-state index contributed by atoms with van der Waals surface area (Å²) < 4.78 is 16.5. The lowest BCUT2D eigenvalue weighted by molar-refractivity contribution is -0.993. The predicted octanol–water partition coefficient (Wildman–Crippen LogP) is 7.51. The summed E-state index contributed by atoms with van der Waals surface area (Å²) in [5, 5.41) is 2.48. The van der Waals surface area contributed by atoms with E-state index < -0.39 is 5.66 Å². The maximum Gasteiger partial charge on any atom is 0.397 e. The van der Waals surface area contributed by atoms with Gasteiger partial charge in [0.2, 0.25) is 6.20 Å². The number of nitrogens with zero attached hydrogens (tertiary/aromatic N) is 4. The minimum atomic E-state index is -0.664. The lowest BCUT2D eigenvalue weighted by Gasteiger charge is -2.32. The summed E-state index contributed by atoms with van der Waals surface area (Å²) in [6, 6.07) is 47.8. The Morgan fingerprint density at radius 3 is 2.23 bits per heavy atom. The second kappa shape index (κ2) is 7.71. The molecule has 5 aromatic carbocycles. The summed E-state index contributed by atoms with van der Waals surface area (Å²) in [4.78, 5) is 0. The Kier molecular flexibility index (Phi) is 3.97.